The van der Waals surface area contributed by atoms with Gasteiger partial charge in [-0.25, -0.2) is 0 Å². The maximum atomic E-state index is 13.1. The molecule has 1 aliphatic rings. The number of hydrogen-bond acceptors (Lipinski definition) is 8. The number of carbonyl (C=O) groups excluding carboxylic acids is 1. The SMILES string of the molecule is CCOc1cc(/C=C2/SC(=S)N(c3cccc([N+](=O)[O-])c3)C2=O)ccc1OCCOc1ccc(C(C)(C)C)cc1. The van der Waals surface area contributed by atoms with Crippen LogP contribution in [0.3, 0.4) is 0 Å². The molecule has 40 heavy (non-hydrogen) atoms. The molecule has 3 aromatic carbocycles. The molecule has 0 unspecified atom stereocenters. The van der Waals surface area contributed by atoms with Gasteiger partial charge in [0.1, 0.15) is 19.0 Å². The molecule has 1 amide bonds. The van der Waals surface area contributed by atoms with Gasteiger partial charge in [-0.05, 0) is 59.9 Å². The Hall–Kier alpha value is -3.89. The van der Waals surface area contributed by atoms with E-state index in [1.54, 1.807) is 24.3 Å². The van der Waals surface area contributed by atoms with Gasteiger partial charge in [-0.1, -0.05) is 69.0 Å². The summed E-state index contributed by atoms with van der Waals surface area (Å²) in [6.07, 6.45) is 1.72. The summed E-state index contributed by atoms with van der Waals surface area (Å²) in [6, 6.07) is 19.3. The molecule has 208 valence electrons. The number of hydrogen-bond donors (Lipinski definition) is 0. The third-order valence-corrected chi connectivity index (χ3v) is 7.29. The normalized spacial score (nSPS) is 14.5. The fraction of sp³-hybridized carbons (Fsp3) is 0.267. The van der Waals surface area contributed by atoms with E-state index in [0.29, 0.717) is 46.2 Å². The van der Waals surface area contributed by atoms with Crippen molar-refractivity contribution >= 4 is 51.7 Å². The van der Waals surface area contributed by atoms with Gasteiger partial charge in [0.25, 0.3) is 11.6 Å². The van der Waals surface area contributed by atoms with Crippen LogP contribution in [0.2, 0.25) is 0 Å². The second-order valence-corrected chi connectivity index (χ2v) is 11.6. The van der Waals surface area contributed by atoms with E-state index in [0.717, 1.165) is 23.1 Å². The lowest BCUT2D eigenvalue weighted by Crippen LogP contribution is -2.27. The maximum Gasteiger partial charge on any atom is 0.271 e. The van der Waals surface area contributed by atoms with E-state index >= 15 is 0 Å². The highest BCUT2D eigenvalue weighted by atomic mass is 32.2. The summed E-state index contributed by atoms with van der Waals surface area (Å²) in [4.78, 5) is 25.5. The van der Waals surface area contributed by atoms with Crippen LogP contribution in [0.4, 0.5) is 11.4 Å². The molecular weight excluding hydrogens is 548 g/mol. The van der Waals surface area contributed by atoms with Crippen molar-refractivity contribution in [3.05, 3.63) is 92.9 Å². The zero-order chi connectivity index (χ0) is 28.9. The lowest BCUT2D eigenvalue weighted by molar-refractivity contribution is -0.384. The molecule has 0 N–H and O–H groups in total. The van der Waals surface area contributed by atoms with Crippen molar-refractivity contribution in [1.29, 1.82) is 0 Å². The Morgan fingerprint density at radius 2 is 1.70 bits per heavy atom. The van der Waals surface area contributed by atoms with Crippen molar-refractivity contribution in [2.75, 3.05) is 24.7 Å². The molecule has 8 nitrogen and oxygen atoms in total. The van der Waals surface area contributed by atoms with E-state index < -0.39 is 4.92 Å². The van der Waals surface area contributed by atoms with Gasteiger partial charge in [0, 0.05) is 12.1 Å². The highest BCUT2D eigenvalue weighted by Gasteiger charge is 2.34. The average Bonchev–Trinajstić information content (AvgIpc) is 3.19. The number of non-ortho nitro benzene ring substituents is 1. The second kappa shape index (κ2) is 12.5. The minimum atomic E-state index is -0.508. The van der Waals surface area contributed by atoms with E-state index in [-0.39, 0.29) is 17.0 Å². The zero-order valence-electron chi connectivity index (χ0n) is 22.7. The van der Waals surface area contributed by atoms with Gasteiger partial charge < -0.3 is 14.2 Å². The van der Waals surface area contributed by atoms with Crippen LogP contribution in [0.15, 0.2) is 71.6 Å². The quantitative estimate of drug-likeness (QED) is 0.0823. The molecule has 0 saturated carbocycles. The van der Waals surface area contributed by atoms with Crippen molar-refractivity contribution in [2.24, 2.45) is 0 Å². The Bertz CT molecular complexity index is 1450. The largest absolute Gasteiger partial charge is 0.490 e. The van der Waals surface area contributed by atoms with Crippen molar-refractivity contribution in [3.63, 3.8) is 0 Å². The molecule has 1 heterocycles. The molecule has 0 radical (unpaired) electrons. The molecule has 1 aliphatic heterocycles. The van der Waals surface area contributed by atoms with Crippen molar-refractivity contribution in [1.82, 2.24) is 0 Å². The smallest absolute Gasteiger partial charge is 0.271 e. The molecule has 3 aromatic rings. The van der Waals surface area contributed by atoms with E-state index in [2.05, 4.69) is 32.9 Å². The summed E-state index contributed by atoms with van der Waals surface area (Å²) in [7, 11) is 0. The van der Waals surface area contributed by atoms with Crippen LogP contribution in [-0.4, -0.2) is 35.0 Å². The predicted molar refractivity (Wildman–Crippen MR) is 162 cm³/mol. The Labute approximate surface area is 243 Å². The summed E-state index contributed by atoms with van der Waals surface area (Å²) in [5.74, 6) is 1.54. The van der Waals surface area contributed by atoms with Gasteiger partial charge in [0.15, 0.2) is 15.8 Å². The first-order valence-electron chi connectivity index (χ1n) is 12.7. The van der Waals surface area contributed by atoms with E-state index in [1.165, 1.54) is 28.7 Å². The molecule has 0 bridgehead atoms. The molecule has 0 aromatic heterocycles. The Morgan fingerprint density at radius 1 is 0.975 bits per heavy atom. The first-order chi connectivity index (χ1) is 19.1. The third-order valence-electron chi connectivity index (χ3n) is 5.99. The standard InChI is InChI=1S/C30H30N2O6S2/c1-5-36-26-17-20(9-14-25(26)38-16-15-37-24-12-10-21(11-13-24)30(2,3)4)18-27-28(33)31(29(39)40-27)22-7-6-8-23(19-22)32(34)35/h6-14,17-19H,5,15-16H2,1-4H3/b27-18+. The fourth-order valence-corrected chi connectivity index (χ4v) is 5.25. The summed E-state index contributed by atoms with van der Waals surface area (Å²) < 4.78 is 17.8. The number of nitro benzene ring substituents is 1. The maximum absolute atomic E-state index is 13.1. The molecule has 0 spiro atoms. The van der Waals surface area contributed by atoms with E-state index in [1.807, 2.05) is 25.1 Å². The number of amides is 1. The Balaban J connectivity index is 1.42. The lowest BCUT2D eigenvalue weighted by Gasteiger charge is -2.19. The second-order valence-electron chi connectivity index (χ2n) is 9.90. The lowest BCUT2D eigenvalue weighted by atomic mass is 9.87. The first kappa shape index (κ1) is 29.1. The van der Waals surface area contributed by atoms with Crippen LogP contribution in [-0.2, 0) is 10.2 Å². The van der Waals surface area contributed by atoms with Crippen LogP contribution in [0.25, 0.3) is 6.08 Å². The monoisotopic (exact) mass is 578 g/mol. The minimum absolute atomic E-state index is 0.0828. The summed E-state index contributed by atoms with van der Waals surface area (Å²) in [5.41, 5.74) is 2.29. The molecule has 1 saturated heterocycles. The van der Waals surface area contributed by atoms with Crippen LogP contribution < -0.4 is 19.1 Å². The van der Waals surface area contributed by atoms with E-state index in [4.69, 9.17) is 26.4 Å². The molecule has 0 aliphatic carbocycles. The summed E-state index contributed by atoms with van der Waals surface area (Å²) in [5, 5.41) is 11.2. The molecule has 0 atom stereocenters. The number of carbonyl (C=O) groups is 1. The van der Waals surface area contributed by atoms with Gasteiger partial charge in [-0.2, -0.15) is 0 Å². The fourth-order valence-electron chi connectivity index (χ4n) is 3.95. The van der Waals surface area contributed by atoms with Gasteiger partial charge in [-0.15, -0.1) is 0 Å². The molecule has 4 rings (SSSR count). The number of nitro groups is 1. The minimum Gasteiger partial charge on any atom is -0.490 e. The van der Waals surface area contributed by atoms with Crippen LogP contribution in [0, 0.1) is 10.1 Å². The number of nitrogens with zero attached hydrogens (tertiary/aromatic N) is 2. The molecule has 1 fully saturated rings. The molecular formula is C30H30N2O6S2. The number of benzene rings is 3. The van der Waals surface area contributed by atoms with Gasteiger partial charge >= 0.3 is 0 Å². The number of anilines is 1. The molecule has 10 heteroatoms. The first-order valence-corrected chi connectivity index (χ1v) is 13.9. The number of thiocarbonyl (C=S) groups is 1. The van der Waals surface area contributed by atoms with Gasteiger partial charge in [0.2, 0.25) is 0 Å². The number of rotatable bonds is 10. The summed E-state index contributed by atoms with van der Waals surface area (Å²) in [6.45, 7) is 9.51. The predicted octanol–water partition coefficient (Wildman–Crippen LogP) is 7.15. The van der Waals surface area contributed by atoms with Crippen molar-refractivity contribution < 1.29 is 23.9 Å². The van der Waals surface area contributed by atoms with E-state index in [9.17, 15) is 14.9 Å². The third kappa shape index (κ3) is 7.00. The number of ether oxygens (including phenoxy) is 3. The van der Waals surface area contributed by atoms with Gasteiger partial charge in [-0.3, -0.25) is 19.8 Å². The van der Waals surface area contributed by atoms with Crippen LogP contribution >= 0.6 is 24.0 Å². The number of thioether (sulfide) groups is 1. The Kier molecular flexibility index (Phi) is 9.11. The highest BCUT2D eigenvalue weighted by molar-refractivity contribution is 8.27. The topological polar surface area (TPSA) is 91.1 Å². The van der Waals surface area contributed by atoms with Crippen LogP contribution in [0.1, 0.15) is 38.8 Å². The van der Waals surface area contributed by atoms with Crippen LogP contribution in [0.5, 0.6) is 17.2 Å². The average molecular weight is 579 g/mol. The van der Waals surface area contributed by atoms with Crippen molar-refractivity contribution in [3.8, 4) is 17.2 Å². The highest BCUT2D eigenvalue weighted by Crippen LogP contribution is 2.38. The Morgan fingerprint density at radius 3 is 2.38 bits per heavy atom. The summed E-state index contributed by atoms with van der Waals surface area (Å²) >= 11 is 6.54. The van der Waals surface area contributed by atoms with Gasteiger partial charge in [0.05, 0.1) is 22.1 Å². The van der Waals surface area contributed by atoms with Crippen molar-refractivity contribution in [2.45, 2.75) is 33.1 Å². The zero-order valence-corrected chi connectivity index (χ0v) is 24.3.